The minimum atomic E-state index is 0.575. The van der Waals surface area contributed by atoms with Gasteiger partial charge in [-0.25, -0.2) is 0 Å². The fourth-order valence-electron chi connectivity index (χ4n) is 1.27. The van der Waals surface area contributed by atoms with Crippen LogP contribution in [0, 0.1) is 5.41 Å². The lowest BCUT2D eigenvalue weighted by Gasteiger charge is -2.03. The molecule has 1 rings (SSSR count). The molecule has 0 saturated carbocycles. The molecule has 86 valence electrons. The van der Waals surface area contributed by atoms with Crippen molar-refractivity contribution >= 4 is 5.71 Å². The second-order valence-electron chi connectivity index (χ2n) is 2.99. The molecule has 0 bridgehead atoms. The van der Waals surface area contributed by atoms with Gasteiger partial charge < -0.3 is 0 Å². The summed E-state index contributed by atoms with van der Waals surface area (Å²) in [5.74, 6) is 0. The molecular weight excluding hydrogens is 194 g/mol. The second-order valence-corrected chi connectivity index (χ2v) is 2.99. The highest BCUT2D eigenvalue weighted by Crippen LogP contribution is 2.09. The van der Waals surface area contributed by atoms with E-state index in [1.54, 1.807) is 0 Å². The number of rotatable bonds is 3. The van der Waals surface area contributed by atoms with Crippen LogP contribution in [0.15, 0.2) is 54.1 Å². The summed E-state index contributed by atoms with van der Waals surface area (Å²) in [5, 5.41) is 7.97. The first kappa shape index (κ1) is 14.4. The van der Waals surface area contributed by atoms with Crippen molar-refractivity contribution in [1.82, 2.24) is 0 Å². The smallest absolute Gasteiger partial charge is 0.0681 e. The molecule has 0 atom stereocenters. The Hall–Kier alpha value is -1.63. The van der Waals surface area contributed by atoms with Crippen LogP contribution in [0.2, 0.25) is 0 Å². The van der Waals surface area contributed by atoms with Crippen molar-refractivity contribution < 1.29 is 0 Å². The Morgan fingerprint density at radius 3 is 2.06 bits per heavy atom. The van der Waals surface area contributed by atoms with Crippen LogP contribution in [-0.2, 0) is 0 Å². The Balaban J connectivity index is 0.00000106. The number of allylic oxidation sites excluding steroid dienone is 4. The highest BCUT2D eigenvalue weighted by Gasteiger charge is 2.02. The van der Waals surface area contributed by atoms with E-state index >= 15 is 0 Å². The zero-order valence-corrected chi connectivity index (χ0v) is 10.6. The maximum atomic E-state index is 7.97. The Labute approximate surface area is 99.0 Å². The Kier molecular flexibility index (Phi) is 7.78. The van der Waals surface area contributed by atoms with Gasteiger partial charge in [0.1, 0.15) is 0 Å². The third-order valence-electron chi connectivity index (χ3n) is 2.01. The minimum Gasteiger partial charge on any atom is -0.300 e. The maximum Gasteiger partial charge on any atom is 0.0681 e. The SMILES string of the molecule is C/C=C\C(=C/C)C(=N)c1ccccc1.CC. The monoisotopic (exact) mass is 215 g/mol. The average molecular weight is 215 g/mol. The molecule has 1 aromatic carbocycles. The van der Waals surface area contributed by atoms with E-state index in [2.05, 4.69) is 0 Å². The van der Waals surface area contributed by atoms with Crippen LogP contribution < -0.4 is 0 Å². The summed E-state index contributed by atoms with van der Waals surface area (Å²) in [7, 11) is 0. The minimum absolute atomic E-state index is 0.575. The van der Waals surface area contributed by atoms with Crippen LogP contribution in [0.4, 0.5) is 0 Å². The Bertz CT molecular complexity index is 358. The first-order valence-corrected chi connectivity index (χ1v) is 5.73. The zero-order valence-electron chi connectivity index (χ0n) is 10.6. The topological polar surface area (TPSA) is 23.9 Å². The molecule has 0 spiro atoms. The van der Waals surface area contributed by atoms with Crippen LogP contribution in [0.25, 0.3) is 0 Å². The van der Waals surface area contributed by atoms with Crippen molar-refractivity contribution in [2.24, 2.45) is 0 Å². The number of hydrogen-bond acceptors (Lipinski definition) is 1. The van der Waals surface area contributed by atoms with E-state index in [9.17, 15) is 0 Å². The molecule has 0 amide bonds. The molecule has 0 aromatic heterocycles. The molecule has 0 fully saturated rings. The van der Waals surface area contributed by atoms with Crippen molar-refractivity contribution in [1.29, 1.82) is 5.41 Å². The lowest BCUT2D eigenvalue weighted by molar-refractivity contribution is 1.45. The van der Waals surface area contributed by atoms with Crippen LogP contribution in [0.3, 0.4) is 0 Å². The molecule has 0 aliphatic heterocycles. The van der Waals surface area contributed by atoms with Gasteiger partial charge in [-0.05, 0) is 25.0 Å². The van der Waals surface area contributed by atoms with E-state index in [4.69, 9.17) is 5.41 Å². The van der Waals surface area contributed by atoms with E-state index < -0.39 is 0 Å². The van der Waals surface area contributed by atoms with E-state index in [0.29, 0.717) is 5.71 Å². The summed E-state index contributed by atoms with van der Waals surface area (Å²) in [6, 6.07) is 9.77. The fraction of sp³-hybridized carbons (Fsp3) is 0.267. The predicted molar refractivity (Wildman–Crippen MR) is 73.2 cm³/mol. The molecular formula is C15H21N. The lowest BCUT2D eigenvalue weighted by Crippen LogP contribution is -2.00. The summed E-state index contributed by atoms with van der Waals surface area (Å²) in [5.41, 5.74) is 2.49. The molecule has 1 heteroatoms. The molecule has 0 heterocycles. The van der Waals surface area contributed by atoms with Crippen LogP contribution >= 0.6 is 0 Å². The second kappa shape index (κ2) is 8.66. The molecule has 0 aliphatic rings. The van der Waals surface area contributed by atoms with Crippen molar-refractivity contribution in [2.75, 3.05) is 0 Å². The molecule has 1 N–H and O–H groups in total. The molecule has 1 nitrogen and oxygen atoms in total. The van der Waals surface area contributed by atoms with Crippen LogP contribution in [0.1, 0.15) is 33.3 Å². The summed E-state index contributed by atoms with van der Waals surface area (Å²) >= 11 is 0. The van der Waals surface area contributed by atoms with E-state index in [0.717, 1.165) is 11.1 Å². The first-order chi connectivity index (χ1) is 7.79. The highest BCUT2D eigenvalue weighted by atomic mass is 14.4. The van der Waals surface area contributed by atoms with Gasteiger partial charge in [-0.1, -0.05) is 62.4 Å². The van der Waals surface area contributed by atoms with Crippen LogP contribution in [-0.4, -0.2) is 5.71 Å². The summed E-state index contributed by atoms with van der Waals surface area (Å²) < 4.78 is 0. The first-order valence-electron chi connectivity index (χ1n) is 5.73. The molecule has 0 radical (unpaired) electrons. The van der Waals surface area contributed by atoms with Crippen molar-refractivity contribution in [3.8, 4) is 0 Å². The van der Waals surface area contributed by atoms with Gasteiger partial charge in [0.25, 0.3) is 0 Å². The fourth-order valence-corrected chi connectivity index (χ4v) is 1.27. The van der Waals surface area contributed by atoms with Gasteiger partial charge in [-0.2, -0.15) is 0 Å². The number of hydrogen-bond donors (Lipinski definition) is 1. The Morgan fingerprint density at radius 2 is 1.62 bits per heavy atom. The van der Waals surface area contributed by atoms with Crippen LogP contribution in [0.5, 0.6) is 0 Å². The summed E-state index contributed by atoms with van der Waals surface area (Å²) in [4.78, 5) is 0. The largest absolute Gasteiger partial charge is 0.300 e. The zero-order chi connectivity index (χ0) is 12.4. The third kappa shape index (κ3) is 4.26. The van der Waals surface area contributed by atoms with Gasteiger partial charge in [-0.3, -0.25) is 5.41 Å². The van der Waals surface area contributed by atoms with E-state index in [1.807, 2.05) is 76.3 Å². The number of benzene rings is 1. The highest BCUT2D eigenvalue weighted by molar-refractivity contribution is 6.12. The molecule has 0 aliphatic carbocycles. The van der Waals surface area contributed by atoms with Gasteiger partial charge >= 0.3 is 0 Å². The van der Waals surface area contributed by atoms with Gasteiger partial charge in [0.15, 0.2) is 0 Å². The molecule has 0 unspecified atom stereocenters. The number of nitrogens with one attached hydrogen (secondary N) is 1. The van der Waals surface area contributed by atoms with Gasteiger partial charge in [0.05, 0.1) is 5.71 Å². The summed E-state index contributed by atoms with van der Waals surface area (Å²) in [6.45, 7) is 7.91. The van der Waals surface area contributed by atoms with Crippen molar-refractivity contribution in [3.05, 3.63) is 59.7 Å². The van der Waals surface area contributed by atoms with Crippen molar-refractivity contribution in [2.45, 2.75) is 27.7 Å². The predicted octanol–water partition coefficient (Wildman–Crippen LogP) is 4.60. The molecule has 0 saturated heterocycles. The average Bonchev–Trinajstić information content (AvgIpc) is 2.38. The van der Waals surface area contributed by atoms with Gasteiger partial charge in [0, 0.05) is 0 Å². The summed E-state index contributed by atoms with van der Waals surface area (Å²) in [6.07, 6.45) is 5.86. The van der Waals surface area contributed by atoms with E-state index in [-0.39, 0.29) is 0 Å². The lowest BCUT2D eigenvalue weighted by atomic mass is 10.0. The van der Waals surface area contributed by atoms with E-state index in [1.165, 1.54) is 0 Å². The van der Waals surface area contributed by atoms with Gasteiger partial charge in [0.2, 0.25) is 0 Å². The molecule has 1 aromatic rings. The van der Waals surface area contributed by atoms with Gasteiger partial charge in [-0.15, -0.1) is 0 Å². The normalized spacial score (nSPS) is 10.9. The standard InChI is InChI=1S/C13H15N.C2H6/c1-3-8-11(4-2)13(14)12-9-6-5-7-10-12;1-2/h3-10,14H,1-2H3;1-2H3/b8-3-,11-4+,14-13?;. The quantitative estimate of drug-likeness (QED) is 0.562. The molecule has 16 heavy (non-hydrogen) atoms. The van der Waals surface area contributed by atoms with Crippen molar-refractivity contribution in [3.63, 3.8) is 0 Å². The maximum absolute atomic E-state index is 7.97. The Morgan fingerprint density at radius 1 is 1.06 bits per heavy atom. The third-order valence-corrected chi connectivity index (χ3v) is 2.01.